The van der Waals surface area contributed by atoms with Gasteiger partial charge in [0.2, 0.25) is 0 Å². The summed E-state index contributed by atoms with van der Waals surface area (Å²) in [5, 5.41) is 9.04. The third-order valence-corrected chi connectivity index (χ3v) is 3.50. The van der Waals surface area contributed by atoms with Gasteiger partial charge in [-0.25, -0.2) is 0 Å². The number of fused-ring (bicyclic) bond motifs is 1. The molecule has 3 nitrogen and oxygen atoms in total. The molecule has 2 heterocycles. The van der Waals surface area contributed by atoms with E-state index in [4.69, 9.17) is 10.00 Å². The zero-order chi connectivity index (χ0) is 13.1. The van der Waals surface area contributed by atoms with E-state index in [2.05, 4.69) is 17.1 Å². The predicted molar refractivity (Wildman–Crippen MR) is 71.8 cm³/mol. The number of para-hydroxylation sites is 1. The van der Waals surface area contributed by atoms with Gasteiger partial charge in [0.15, 0.2) is 0 Å². The topological polar surface area (TPSA) is 45.9 Å². The number of rotatable bonds is 3. The number of hydrogen-bond acceptors (Lipinski definition) is 3. The van der Waals surface area contributed by atoms with Crippen molar-refractivity contribution in [1.82, 2.24) is 4.98 Å². The maximum absolute atomic E-state index is 9.04. The van der Waals surface area contributed by atoms with Crippen molar-refractivity contribution in [3.63, 3.8) is 0 Å². The van der Waals surface area contributed by atoms with E-state index in [1.807, 2.05) is 36.4 Å². The number of pyridine rings is 1. The summed E-state index contributed by atoms with van der Waals surface area (Å²) in [5.41, 5.74) is 2.15. The molecule has 19 heavy (non-hydrogen) atoms. The third-order valence-electron chi connectivity index (χ3n) is 3.50. The molecule has 0 amide bonds. The SMILES string of the molecule is N#CCC(c1ccccn1)C1Cc2ccccc2O1. The Morgan fingerprint density at radius 2 is 2.11 bits per heavy atom. The Balaban J connectivity index is 1.86. The first-order chi connectivity index (χ1) is 9.38. The van der Waals surface area contributed by atoms with Gasteiger partial charge in [-0.3, -0.25) is 4.98 Å². The fourth-order valence-electron chi connectivity index (χ4n) is 2.55. The van der Waals surface area contributed by atoms with Gasteiger partial charge in [0.1, 0.15) is 11.9 Å². The van der Waals surface area contributed by atoms with Gasteiger partial charge in [0.05, 0.1) is 12.0 Å². The second-order valence-corrected chi connectivity index (χ2v) is 4.69. The molecule has 0 aliphatic carbocycles. The molecule has 1 aromatic carbocycles. The van der Waals surface area contributed by atoms with Gasteiger partial charge in [-0.15, -0.1) is 0 Å². The normalized spacial score (nSPS) is 18.2. The Kier molecular flexibility index (Phi) is 3.16. The summed E-state index contributed by atoms with van der Waals surface area (Å²) in [6.45, 7) is 0. The molecule has 1 aliphatic rings. The predicted octanol–water partition coefficient (Wildman–Crippen LogP) is 3.08. The third kappa shape index (κ3) is 2.30. The van der Waals surface area contributed by atoms with Crippen molar-refractivity contribution >= 4 is 0 Å². The van der Waals surface area contributed by atoms with Crippen molar-refractivity contribution in [3.05, 3.63) is 59.9 Å². The molecule has 3 rings (SSSR count). The van der Waals surface area contributed by atoms with Crippen molar-refractivity contribution in [1.29, 1.82) is 5.26 Å². The van der Waals surface area contributed by atoms with Crippen molar-refractivity contribution in [2.45, 2.75) is 24.9 Å². The van der Waals surface area contributed by atoms with E-state index < -0.39 is 0 Å². The van der Waals surface area contributed by atoms with Crippen LogP contribution in [0.1, 0.15) is 23.6 Å². The Bertz CT molecular complexity index is 579. The van der Waals surface area contributed by atoms with Crippen molar-refractivity contribution in [2.75, 3.05) is 0 Å². The number of hydrogen-bond donors (Lipinski definition) is 0. The quantitative estimate of drug-likeness (QED) is 0.841. The van der Waals surface area contributed by atoms with Crippen LogP contribution in [0.3, 0.4) is 0 Å². The molecule has 1 aliphatic heterocycles. The number of benzene rings is 1. The molecule has 1 aromatic heterocycles. The van der Waals surface area contributed by atoms with Gasteiger partial charge in [-0.2, -0.15) is 5.26 Å². The number of nitrogens with zero attached hydrogens (tertiary/aromatic N) is 2. The van der Waals surface area contributed by atoms with Crippen molar-refractivity contribution in [3.8, 4) is 11.8 Å². The monoisotopic (exact) mass is 250 g/mol. The Hall–Kier alpha value is -2.34. The average molecular weight is 250 g/mol. The lowest BCUT2D eigenvalue weighted by Crippen LogP contribution is -2.24. The first-order valence-electron chi connectivity index (χ1n) is 6.41. The zero-order valence-corrected chi connectivity index (χ0v) is 10.5. The van der Waals surface area contributed by atoms with Crippen LogP contribution in [0.2, 0.25) is 0 Å². The van der Waals surface area contributed by atoms with E-state index in [0.29, 0.717) is 6.42 Å². The van der Waals surface area contributed by atoms with Crippen LogP contribution in [0.15, 0.2) is 48.7 Å². The van der Waals surface area contributed by atoms with Gasteiger partial charge in [-0.1, -0.05) is 24.3 Å². The summed E-state index contributed by atoms with van der Waals surface area (Å²) in [6, 6.07) is 16.1. The lowest BCUT2D eigenvalue weighted by Gasteiger charge is -2.20. The fourth-order valence-corrected chi connectivity index (χ4v) is 2.55. The van der Waals surface area contributed by atoms with E-state index >= 15 is 0 Å². The average Bonchev–Trinajstić information content (AvgIpc) is 2.89. The molecule has 2 unspecified atom stereocenters. The molecule has 0 spiro atoms. The van der Waals surface area contributed by atoms with Gasteiger partial charge in [-0.05, 0) is 23.8 Å². The Labute approximate surface area is 112 Å². The van der Waals surface area contributed by atoms with Crippen molar-refractivity contribution < 1.29 is 4.74 Å². The van der Waals surface area contributed by atoms with Crippen LogP contribution in [0.25, 0.3) is 0 Å². The highest BCUT2D eigenvalue weighted by atomic mass is 16.5. The lowest BCUT2D eigenvalue weighted by molar-refractivity contribution is 0.196. The van der Waals surface area contributed by atoms with Crippen LogP contribution in [-0.2, 0) is 6.42 Å². The number of nitriles is 1. The highest BCUT2D eigenvalue weighted by molar-refractivity contribution is 5.38. The first kappa shape index (κ1) is 11.7. The van der Waals surface area contributed by atoms with E-state index in [-0.39, 0.29) is 12.0 Å². The maximum atomic E-state index is 9.04. The summed E-state index contributed by atoms with van der Waals surface area (Å²) in [4.78, 5) is 4.37. The molecule has 0 saturated heterocycles. The summed E-state index contributed by atoms with van der Waals surface area (Å²) >= 11 is 0. The molecule has 94 valence electrons. The minimum Gasteiger partial charge on any atom is -0.489 e. The second kappa shape index (κ2) is 5.11. The van der Waals surface area contributed by atoms with E-state index in [0.717, 1.165) is 17.9 Å². The minimum atomic E-state index is 0.00644. The van der Waals surface area contributed by atoms with Gasteiger partial charge in [0.25, 0.3) is 0 Å². The standard InChI is InChI=1S/C16H14N2O/c17-9-8-13(14-6-3-4-10-18-14)16-11-12-5-1-2-7-15(12)19-16/h1-7,10,13,16H,8,11H2. The van der Waals surface area contributed by atoms with E-state index in [1.165, 1.54) is 5.56 Å². The second-order valence-electron chi connectivity index (χ2n) is 4.69. The molecule has 0 radical (unpaired) electrons. The molecule has 0 bridgehead atoms. The minimum absolute atomic E-state index is 0.00644. The molecule has 0 N–H and O–H groups in total. The molecule has 0 fully saturated rings. The molecule has 2 atom stereocenters. The van der Waals surface area contributed by atoms with Crippen LogP contribution < -0.4 is 4.74 Å². The smallest absolute Gasteiger partial charge is 0.123 e. The lowest BCUT2D eigenvalue weighted by atomic mass is 9.92. The Morgan fingerprint density at radius 1 is 1.26 bits per heavy atom. The molecular formula is C16H14N2O. The van der Waals surface area contributed by atoms with E-state index in [9.17, 15) is 0 Å². The van der Waals surface area contributed by atoms with Gasteiger partial charge >= 0.3 is 0 Å². The van der Waals surface area contributed by atoms with Crippen LogP contribution in [0.4, 0.5) is 0 Å². The van der Waals surface area contributed by atoms with Gasteiger partial charge in [0, 0.05) is 24.7 Å². The molecule has 2 aromatic rings. The maximum Gasteiger partial charge on any atom is 0.123 e. The highest BCUT2D eigenvalue weighted by Crippen LogP contribution is 2.35. The zero-order valence-electron chi connectivity index (χ0n) is 10.5. The first-order valence-corrected chi connectivity index (χ1v) is 6.41. The van der Waals surface area contributed by atoms with Crippen molar-refractivity contribution in [2.24, 2.45) is 0 Å². The fraction of sp³-hybridized carbons (Fsp3) is 0.250. The summed E-state index contributed by atoms with van der Waals surface area (Å²) in [5.74, 6) is 0.963. The van der Waals surface area contributed by atoms with Crippen LogP contribution >= 0.6 is 0 Å². The summed E-state index contributed by atoms with van der Waals surface area (Å²) < 4.78 is 5.98. The largest absolute Gasteiger partial charge is 0.489 e. The summed E-state index contributed by atoms with van der Waals surface area (Å²) in [6.07, 6.45) is 3.04. The summed E-state index contributed by atoms with van der Waals surface area (Å²) in [7, 11) is 0. The van der Waals surface area contributed by atoms with E-state index in [1.54, 1.807) is 6.20 Å². The number of aromatic nitrogens is 1. The van der Waals surface area contributed by atoms with Crippen LogP contribution in [0.5, 0.6) is 5.75 Å². The Morgan fingerprint density at radius 3 is 2.84 bits per heavy atom. The number of ether oxygens (including phenoxy) is 1. The van der Waals surface area contributed by atoms with Gasteiger partial charge < -0.3 is 4.74 Å². The molecule has 0 saturated carbocycles. The van der Waals surface area contributed by atoms with Crippen LogP contribution in [-0.4, -0.2) is 11.1 Å². The molecule has 3 heteroatoms. The van der Waals surface area contributed by atoms with Crippen LogP contribution in [0, 0.1) is 11.3 Å². The molecular weight excluding hydrogens is 236 g/mol. The highest BCUT2D eigenvalue weighted by Gasteiger charge is 2.31.